The highest BCUT2D eigenvalue weighted by atomic mass is 19.1. The molecule has 0 spiro atoms. The van der Waals surface area contributed by atoms with Crippen LogP contribution in [0.5, 0.6) is 0 Å². The summed E-state index contributed by atoms with van der Waals surface area (Å²) in [6, 6.07) is 11.7. The number of aromatic nitrogens is 1. The molecule has 0 aliphatic rings. The van der Waals surface area contributed by atoms with Crippen LogP contribution in [0.3, 0.4) is 0 Å². The number of anilines is 1. The maximum Gasteiger partial charge on any atom is 0.274 e. The number of carbonyl (C=O) groups excluding carboxylic acids is 2. The summed E-state index contributed by atoms with van der Waals surface area (Å²) in [6.45, 7) is 0.241. The Kier molecular flexibility index (Phi) is 4.84. The zero-order valence-electron chi connectivity index (χ0n) is 13.0. The average Bonchev–Trinajstić information content (AvgIpc) is 3.15. The second kappa shape index (κ2) is 7.39. The van der Waals surface area contributed by atoms with Crippen LogP contribution in [-0.4, -0.2) is 16.8 Å². The van der Waals surface area contributed by atoms with Gasteiger partial charge in [0, 0.05) is 17.4 Å². The number of nitrogens with zero attached hydrogens (tertiary/aromatic N) is 1. The molecule has 0 aliphatic carbocycles. The summed E-state index contributed by atoms with van der Waals surface area (Å²) >= 11 is 0. The van der Waals surface area contributed by atoms with Gasteiger partial charge >= 0.3 is 0 Å². The third kappa shape index (κ3) is 4.29. The van der Waals surface area contributed by atoms with Crippen molar-refractivity contribution in [3.63, 3.8) is 0 Å². The predicted octanol–water partition coefficient (Wildman–Crippen LogP) is 3.00. The molecule has 0 unspecified atom stereocenters. The first-order valence-electron chi connectivity index (χ1n) is 7.45. The number of benzene rings is 1. The fourth-order valence-corrected chi connectivity index (χ4v) is 2.11. The fourth-order valence-electron chi connectivity index (χ4n) is 2.11. The van der Waals surface area contributed by atoms with Crippen LogP contribution < -0.4 is 10.6 Å². The molecule has 3 aromatic rings. The summed E-state index contributed by atoms with van der Waals surface area (Å²) in [5, 5.41) is 5.28. The second-order valence-corrected chi connectivity index (χ2v) is 5.15. The number of hydrogen-bond acceptors (Lipinski definition) is 4. The molecular weight excluding hydrogens is 325 g/mol. The number of nitrogens with one attached hydrogen (secondary N) is 2. The normalized spacial score (nSPS) is 10.3. The minimum atomic E-state index is -0.493. The van der Waals surface area contributed by atoms with Crippen LogP contribution in [0.4, 0.5) is 10.1 Å². The predicted molar refractivity (Wildman–Crippen MR) is 88.5 cm³/mol. The van der Waals surface area contributed by atoms with Crippen molar-refractivity contribution < 1.29 is 18.4 Å². The summed E-state index contributed by atoms with van der Waals surface area (Å²) in [5.41, 5.74) is 0.807. The number of amides is 2. The zero-order valence-corrected chi connectivity index (χ0v) is 13.0. The van der Waals surface area contributed by atoms with Gasteiger partial charge in [-0.1, -0.05) is 0 Å². The number of halogens is 1. The first-order chi connectivity index (χ1) is 12.1. The van der Waals surface area contributed by atoms with Gasteiger partial charge in [0.15, 0.2) is 0 Å². The Morgan fingerprint density at radius 1 is 1.08 bits per heavy atom. The lowest BCUT2D eigenvalue weighted by Gasteiger charge is -2.07. The van der Waals surface area contributed by atoms with E-state index in [2.05, 4.69) is 15.6 Å². The highest BCUT2D eigenvalue weighted by Gasteiger charge is 2.12. The Morgan fingerprint density at radius 2 is 1.88 bits per heavy atom. The first-order valence-corrected chi connectivity index (χ1v) is 7.45. The van der Waals surface area contributed by atoms with E-state index in [1.165, 1.54) is 48.9 Å². The van der Waals surface area contributed by atoms with Crippen LogP contribution in [-0.2, 0) is 6.54 Å². The lowest BCUT2D eigenvalue weighted by molar-refractivity contribution is 0.0948. The number of rotatable bonds is 5. The van der Waals surface area contributed by atoms with E-state index in [0.29, 0.717) is 17.0 Å². The van der Waals surface area contributed by atoms with Crippen molar-refractivity contribution in [3.05, 3.63) is 83.8 Å². The van der Waals surface area contributed by atoms with E-state index in [-0.39, 0.29) is 18.1 Å². The van der Waals surface area contributed by atoms with Crippen molar-refractivity contribution in [1.29, 1.82) is 0 Å². The SMILES string of the molecule is O=C(NCc1ccco1)c1ccnc(C(=O)Nc2ccc(F)cc2)c1. The number of furan rings is 1. The van der Waals surface area contributed by atoms with Crippen LogP contribution in [0, 0.1) is 5.82 Å². The smallest absolute Gasteiger partial charge is 0.274 e. The first kappa shape index (κ1) is 16.4. The van der Waals surface area contributed by atoms with Crippen molar-refractivity contribution >= 4 is 17.5 Å². The monoisotopic (exact) mass is 339 g/mol. The van der Waals surface area contributed by atoms with Crippen molar-refractivity contribution in [3.8, 4) is 0 Å². The van der Waals surface area contributed by atoms with E-state index >= 15 is 0 Å². The Morgan fingerprint density at radius 3 is 2.60 bits per heavy atom. The molecule has 0 atom stereocenters. The van der Waals surface area contributed by atoms with Gasteiger partial charge in [0.1, 0.15) is 17.3 Å². The van der Waals surface area contributed by atoms with E-state index in [1.54, 1.807) is 12.1 Å². The Hall–Kier alpha value is -3.48. The van der Waals surface area contributed by atoms with E-state index in [0.717, 1.165) is 0 Å². The molecule has 7 heteroatoms. The minimum Gasteiger partial charge on any atom is -0.467 e. The molecule has 0 fully saturated rings. The lowest BCUT2D eigenvalue weighted by Crippen LogP contribution is -2.23. The molecule has 25 heavy (non-hydrogen) atoms. The van der Waals surface area contributed by atoms with Crippen molar-refractivity contribution in [2.45, 2.75) is 6.54 Å². The number of hydrogen-bond donors (Lipinski definition) is 2. The fraction of sp³-hybridized carbons (Fsp3) is 0.0556. The molecule has 6 nitrogen and oxygen atoms in total. The van der Waals surface area contributed by atoms with E-state index in [4.69, 9.17) is 4.42 Å². The van der Waals surface area contributed by atoms with Crippen LogP contribution in [0.25, 0.3) is 0 Å². The molecule has 0 saturated carbocycles. The van der Waals surface area contributed by atoms with E-state index < -0.39 is 11.7 Å². The van der Waals surface area contributed by atoms with Crippen molar-refractivity contribution in [2.24, 2.45) is 0 Å². The lowest BCUT2D eigenvalue weighted by atomic mass is 10.2. The average molecular weight is 339 g/mol. The van der Waals surface area contributed by atoms with E-state index in [9.17, 15) is 14.0 Å². The van der Waals surface area contributed by atoms with E-state index in [1.807, 2.05) is 0 Å². The third-order valence-corrected chi connectivity index (χ3v) is 3.36. The van der Waals surface area contributed by atoms with Gasteiger partial charge in [-0.15, -0.1) is 0 Å². The van der Waals surface area contributed by atoms with Gasteiger partial charge in [-0.05, 0) is 48.5 Å². The van der Waals surface area contributed by atoms with Crippen LogP contribution in [0.2, 0.25) is 0 Å². The molecule has 0 saturated heterocycles. The summed E-state index contributed by atoms with van der Waals surface area (Å²) in [4.78, 5) is 28.3. The largest absolute Gasteiger partial charge is 0.467 e. The summed E-state index contributed by atoms with van der Waals surface area (Å²) in [6.07, 6.45) is 2.90. The third-order valence-electron chi connectivity index (χ3n) is 3.36. The quantitative estimate of drug-likeness (QED) is 0.748. The van der Waals surface area contributed by atoms with Crippen LogP contribution >= 0.6 is 0 Å². The molecule has 2 N–H and O–H groups in total. The standard InChI is InChI=1S/C18H14FN3O3/c19-13-3-5-14(6-4-13)22-18(24)16-10-12(7-8-20-16)17(23)21-11-15-2-1-9-25-15/h1-10H,11H2,(H,21,23)(H,22,24). The molecule has 0 aliphatic heterocycles. The van der Waals surface area contributed by atoms with Gasteiger partial charge in [-0.2, -0.15) is 0 Å². The Balaban J connectivity index is 1.66. The van der Waals surface area contributed by atoms with Gasteiger partial charge in [-0.3, -0.25) is 14.6 Å². The molecule has 3 rings (SSSR count). The van der Waals surface area contributed by atoms with Crippen LogP contribution in [0.15, 0.2) is 65.4 Å². The molecule has 1 aromatic carbocycles. The van der Waals surface area contributed by atoms with Gasteiger partial charge in [0.25, 0.3) is 11.8 Å². The molecule has 0 radical (unpaired) electrons. The zero-order chi connectivity index (χ0) is 17.6. The van der Waals surface area contributed by atoms with Crippen LogP contribution in [0.1, 0.15) is 26.6 Å². The highest BCUT2D eigenvalue weighted by Crippen LogP contribution is 2.11. The molecule has 2 aromatic heterocycles. The van der Waals surface area contributed by atoms with Gasteiger partial charge in [0.05, 0.1) is 12.8 Å². The summed E-state index contributed by atoms with van der Waals surface area (Å²) in [5.74, 6) is -0.620. The topological polar surface area (TPSA) is 84.2 Å². The van der Waals surface area contributed by atoms with Gasteiger partial charge in [-0.25, -0.2) is 4.39 Å². The Bertz CT molecular complexity index is 877. The molecular formula is C18H14FN3O3. The summed E-state index contributed by atoms with van der Waals surface area (Å²) in [7, 11) is 0. The maximum atomic E-state index is 12.9. The van der Waals surface area contributed by atoms with Gasteiger partial charge < -0.3 is 15.1 Å². The number of pyridine rings is 1. The summed E-state index contributed by atoms with van der Waals surface area (Å²) < 4.78 is 18.0. The second-order valence-electron chi connectivity index (χ2n) is 5.15. The number of carbonyl (C=O) groups is 2. The van der Waals surface area contributed by atoms with Crippen molar-refractivity contribution in [2.75, 3.05) is 5.32 Å². The maximum absolute atomic E-state index is 12.9. The Labute approximate surface area is 142 Å². The van der Waals surface area contributed by atoms with Gasteiger partial charge in [0.2, 0.25) is 0 Å². The minimum absolute atomic E-state index is 0.0787. The molecule has 126 valence electrons. The highest BCUT2D eigenvalue weighted by molar-refractivity contribution is 6.04. The molecule has 2 heterocycles. The molecule has 2 amide bonds. The molecule has 0 bridgehead atoms. The van der Waals surface area contributed by atoms with Crippen molar-refractivity contribution in [1.82, 2.24) is 10.3 Å².